The van der Waals surface area contributed by atoms with Gasteiger partial charge in [0, 0.05) is 0 Å². The topological polar surface area (TPSA) is 23.9 Å². The average Bonchev–Trinajstić information content (AvgIpc) is 1.35. The Balaban J connectivity index is 0. The molecule has 0 unspecified atom stereocenters. The van der Waals surface area contributed by atoms with Gasteiger partial charge in [-0.2, -0.15) is 0 Å². The third kappa shape index (κ3) is 10.7. The molecule has 1 nitrogen and oxygen atoms in total. The first-order chi connectivity index (χ1) is 2.77. The number of thioether (sulfide) groups is 1. The second kappa shape index (κ2) is 6.31. The van der Waals surface area contributed by atoms with Gasteiger partial charge >= 0.3 is 0 Å². The maximum Gasteiger partial charge on any atom is 0.0610 e. The minimum atomic E-state index is 0. The van der Waals surface area contributed by atoms with Crippen molar-refractivity contribution >= 4 is 29.2 Å². The molecular formula is C4H10ClNS. The summed E-state index contributed by atoms with van der Waals surface area (Å²) in [7, 11) is 0. The highest BCUT2D eigenvalue weighted by molar-refractivity contribution is 8.13. The van der Waals surface area contributed by atoms with Crippen molar-refractivity contribution in [1.82, 2.24) is 0 Å². The van der Waals surface area contributed by atoms with Crippen molar-refractivity contribution in [2.75, 3.05) is 5.75 Å². The molecule has 0 saturated heterocycles. The highest BCUT2D eigenvalue weighted by Gasteiger charge is 1.78. The van der Waals surface area contributed by atoms with Gasteiger partial charge < -0.3 is 0 Å². The second-order valence-corrected chi connectivity index (χ2v) is 2.47. The summed E-state index contributed by atoms with van der Waals surface area (Å²) in [4.78, 5) is 0. The normalized spacial score (nSPS) is 7.14. The molecular weight excluding hydrogens is 130 g/mol. The van der Waals surface area contributed by atoms with Gasteiger partial charge in [0.1, 0.15) is 0 Å². The van der Waals surface area contributed by atoms with Crippen molar-refractivity contribution < 1.29 is 0 Å². The maximum absolute atomic E-state index is 6.86. The Bertz CT molecular complexity index is 55.7. The van der Waals surface area contributed by atoms with Crippen LogP contribution >= 0.6 is 24.2 Å². The highest BCUT2D eigenvalue weighted by Crippen LogP contribution is 1.97. The van der Waals surface area contributed by atoms with Gasteiger partial charge in [0.15, 0.2) is 0 Å². The van der Waals surface area contributed by atoms with E-state index in [-0.39, 0.29) is 12.4 Å². The first-order valence-corrected chi connectivity index (χ1v) is 2.94. The SMILES string of the molecule is CCSC(C)=N.Cl. The number of rotatable bonds is 1. The smallest absolute Gasteiger partial charge is 0.0610 e. The van der Waals surface area contributed by atoms with Crippen molar-refractivity contribution in [2.24, 2.45) is 0 Å². The molecule has 0 fully saturated rings. The Kier molecular flexibility index (Phi) is 9.31. The third-order valence-electron chi connectivity index (χ3n) is 0.361. The number of hydrogen-bond donors (Lipinski definition) is 1. The molecule has 0 aromatic carbocycles. The van der Waals surface area contributed by atoms with E-state index in [1.165, 1.54) is 0 Å². The standard InChI is InChI=1S/C4H9NS.ClH/c1-3-6-4(2)5;/h5H,3H2,1-2H3;1H. The Morgan fingerprint density at radius 2 is 2.14 bits per heavy atom. The molecule has 0 aliphatic heterocycles. The average molecular weight is 140 g/mol. The zero-order valence-corrected chi connectivity index (χ0v) is 6.16. The molecule has 0 amide bonds. The summed E-state index contributed by atoms with van der Waals surface area (Å²) in [6.07, 6.45) is 0. The lowest BCUT2D eigenvalue weighted by Crippen LogP contribution is -1.76. The first-order valence-electron chi connectivity index (χ1n) is 1.95. The van der Waals surface area contributed by atoms with Crippen LogP contribution in [0.1, 0.15) is 13.8 Å². The molecule has 0 saturated carbocycles. The third-order valence-corrected chi connectivity index (χ3v) is 1.08. The summed E-state index contributed by atoms with van der Waals surface area (Å²) < 4.78 is 0. The lowest BCUT2D eigenvalue weighted by Gasteiger charge is -1.85. The Morgan fingerprint density at radius 3 is 2.14 bits per heavy atom. The number of nitrogens with one attached hydrogen (secondary N) is 1. The Morgan fingerprint density at radius 1 is 1.71 bits per heavy atom. The van der Waals surface area contributed by atoms with Crippen LogP contribution in [0.15, 0.2) is 0 Å². The van der Waals surface area contributed by atoms with Crippen LogP contribution in [0, 0.1) is 5.41 Å². The summed E-state index contributed by atoms with van der Waals surface area (Å²) >= 11 is 1.57. The van der Waals surface area contributed by atoms with Crippen molar-refractivity contribution in [3.8, 4) is 0 Å². The molecule has 7 heavy (non-hydrogen) atoms. The van der Waals surface area contributed by atoms with Gasteiger partial charge in [0.2, 0.25) is 0 Å². The minimum Gasteiger partial charge on any atom is -0.299 e. The highest BCUT2D eigenvalue weighted by atomic mass is 35.5. The molecule has 0 aromatic rings. The molecule has 0 heterocycles. The lowest BCUT2D eigenvalue weighted by molar-refractivity contribution is 1.51. The van der Waals surface area contributed by atoms with Gasteiger partial charge in [-0.1, -0.05) is 6.92 Å². The van der Waals surface area contributed by atoms with E-state index in [0.29, 0.717) is 5.04 Å². The predicted octanol–water partition coefficient (Wildman–Crippen LogP) is 2.16. The van der Waals surface area contributed by atoms with Crippen LogP contribution in [-0.2, 0) is 0 Å². The quantitative estimate of drug-likeness (QED) is 0.437. The van der Waals surface area contributed by atoms with Crippen molar-refractivity contribution in [3.63, 3.8) is 0 Å². The fraction of sp³-hybridized carbons (Fsp3) is 0.750. The summed E-state index contributed by atoms with van der Waals surface area (Å²) in [5.74, 6) is 1.02. The van der Waals surface area contributed by atoms with Crippen LogP contribution in [0.4, 0.5) is 0 Å². The van der Waals surface area contributed by atoms with E-state index in [9.17, 15) is 0 Å². The van der Waals surface area contributed by atoms with E-state index < -0.39 is 0 Å². The number of halogens is 1. The van der Waals surface area contributed by atoms with Gasteiger partial charge in [0.25, 0.3) is 0 Å². The van der Waals surface area contributed by atoms with Crippen LogP contribution in [0.25, 0.3) is 0 Å². The summed E-state index contributed by atoms with van der Waals surface area (Å²) in [6, 6.07) is 0. The Labute approximate surface area is 54.8 Å². The summed E-state index contributed by atoms with van der Waals surface area (Å²) in [5, 5.41) is 7.56. The van der Waals surface area contributed by atoms with Crippen molar-refractivity contribution in [1.29, 1.82) is 5.41 Å². The fourth-order valence-electron chi connectivity index (χ4n) is 0.217. The van der Waals surface area contributed by atoms with Crippen LogP contribution in [0.2, 0.25) is 0 Å². The molecule has 0 aliphatic rings. The molecule has 1 N–H and O–H groups in total. The van der Waals surface area contributed by atoms with Crippen LogP contribution in [-0.4, -0.2) is 10.8 Å². The van der Waals surface area contributed by atoms with Crippen LogP contribution in [0.3, 0.4) is 0 Å². The first kappa shape index (κ1) is 10.3. The van der Waals surface area contributed by atoms with E-state index in [1.54, 1.807) is 18.7 Å². The monoisotopic (exact) mass is 139 g/mol. The maximum atomic E-state index is 6.86. The van der Waals surface area contributed by atoms with Crippen LogP contribution < -0.4 is 0 Å². The summed E-state index contributed by atoms with van der Waals surface area (Å²) in [6.45, 7) is 3.84. The molecule has 0 radical (unpaired) electrons. The van der Waals surface area contributed by atoms with E-state index in [0.717, 1.165) is 5.75 Å². The van der Waals surface area contributed by atoms with E-state index >= 15 is 0 Å². The van der Waals surface area contributed by atoms with E-state index in [2.05, 4.69) is 0 Å². The second-order valence-electron chi connectivity index (χ2n) is 0.989. The van der Waals surface area contributed by atoms with Gasteiger partial charge in [-0.05, 0) is 12.7 Å². The van der Waals surface area contributed by atoms with E-state index in [1.807, 2.05) is 6.92 Å². The summed E-state index contributed by atoms with van der Waals surface area (Å²) in [5.41, 5.74) is 0. The molecule has 0 atom stereocenters. The predicted molar refractivity (Wildman–Crippen MR) is 38.8 cm³/mol. The van der Waals surface area contributed by atoms with Crippen LogP contribution in [0.5, 0.6) is 0 Å². The molecule has 0 aromatic heterocycles. The van der Waals surface area contributed by atoms with Crippen molar-refractivity contribution in [2.45, 2.75) is 13.8 Å². The van der Waals surface area contributed by atoms with Crippen molar-refractivity contribution in [3.05, 3.63) is 0 Å². The van der Waals surface area contributed by atoms with Gasteiger partial charge in [0.05, 0.1) is 5.04 Å². The Hall–Kier alpha value is 0.310. The molecule has 0 aliphatic carbocycles. The molecule has 0 bridgehead atoms. The molecule has 0 spiro atoms. The van der Waals surface area contributed by atoms with Gasteiger partial charge in [-0.25, -0.2) is 0 Å². The molecule has 44 valence electrons. The van der Waals surface area contributed by atoms with E-state index in [4.69, 9.17) is 5.41 Å². The zero-order chi connectivity index (χ0) is 4.99. The van der Waals surface area contributed by atoms with Gasteiger partial charge in [-0.3, -0.25) is 5.41 Å². The minimum absolute atomic E-state index is 0. The molecule has 3 heteroatoms. The molecule has 0 rings (SSSR count). The zero-order valence-electron chi connectivity index (χ0n) is 4.52. The lowest BCUT2D eigenvalue weighted by atomic mass is 10.9. The fourth-order valence-corrected chi connectivity index (χ4v) is 0.650. The van der Waals surface area contributed by atoms with Gasteiger partial charge in [-0.15, -0.1) is 24.2 Å². The number of hydrogen-bond acceptors (Lipinski definition) is 2. The largest absolute Gasteiger partial charge is 0.299 e.